The second-order valence-electron chi connectivity index (χ2n) is 4.49. The van der Waals surface area contributed by atoms with Gasteiger partial charge in [-0.15, -0.1) is 17.0 Å². The summed E-state index contributed by atoms with van der Waals surface area (Å²) in [5.74, 6) is 0.995. The topological polar surface area (TPSA) is 29.5 Å². The van der Waals surface area contributed by atoms with Crippen molar-refractivity contribution >= 4 is 22.8 Å². The van der Waals surface area contributed by atoms with Crippen LogP contribution >= 0.6 is 17.0 Å². The quantitative estimate of drug-likeness (QED) is 0.800. The average Bonchev–Trinajstić information content (AvgIpc) is 2.40. The standard InChI is InChI=1S/C14H19NO2.BrH/c1-17-13-7-5-12(6-8-13)14(16)11-15-9-3-2-4-10-15;/h5-8H,2-4,9-11H2,1H3;1H. The smallest absolute Gasteiger partial charge is 0.176 e. The number of methoxy groups -OCH3 is 1. The molecule has 3 nitrogen and oxygen atoms in total. The molecule has 0 saturated carbocycles. The minimum Gasteiger partial charge on any atom is -0.497 e. The number of likely N-dealkylation sites (tertiary alicyclic amines) is 1. The Bertz CT molecular complexity index is 372. The number of benzene rings is 1. The molecule has 0 bridgehead atoms. The van der Waals surface area contributed by atoms with Crippen LogP contribution in [0.2, 0.25) is 0 Å². The van der Waals surface area contributed by atoms with Crippen LogP contribution in [0.3, 0.4) is 0 Å². The Morgan fingerprint density at radius 2 is 1.78 bits per heavy atom. The molecule has 1 saturated heterocycles. The maximum Gasteiger partial charge on any atom is 0.176 e. The molecule has 2 rings (SSSR count). The first-order valence-corrected chi connectivity index (χ1v) is 6.19. The van der Waals surface area contributed by atoms with Crippen molar-refractivity contribution < 1.29 is 9.53 Å². The van der Waals surface area contributed by atoms with E-state index < -0.39 is 0 Å². The zero-order valence-electron chi connectivity index (χ0n) is 10.7. The highest BCUT2D eigenvalue weighted by atomic mass is 79.9. The molecule has 0 atom stereocenters. The lowest BCUT2D eigenvalue weighted by atomic mass is 10.1. The Kier molecular flexibility index (Phi) is 6.36. The Hall–Kier alpha value is -0.870. The fraction of sp³-hybridized carbons (Fsp3) is 0.500. The highest BCUT2D eigenvalue weighted by Crippen LogP contribution is 2.13. The van der Waals surface area contributed by atoms with Crippen LogP contribution in [0.1, 0.15) is 29.6 Å². The third-order valence-electron chi connectivity index (χ3n) is 3.23. The van der Waals surface area contributed by atoms with Gasteiger partial charge in [-0.25, -0.2) is 0 Å². The molecule has 0 aromatic heterocycles. The molecule has 0 radical (unpaired) electrons. The minimum absolute atomic E-state index is 0. The lowest BCUT2D eigenvalue weighted by molar-refractivity contribution is 0.0915. The molecular weight excluding hydrogens is 294 g/mol. The summed E-state index contributed by atoms with van der Waals surface area (Å²) in [5, 5.41) is 0. The van der Waals surface area contributed by atoms with E-state index in [1.54, 1.807) is 7.11 Å². The molecule has 1 fully saturated rings. The van der Waals surface area contributed by atoms with Crippen molar-refractivity contribution in [2.75, 3.05) is 26.7 Å². The Morgan fingerprint density at radius 1 is 1.17 bits per heavy atom. The molecule has 0 spiro atoms. The maximum atomic E-state index is 12.0. The molecule has 18 heavy (non-hydrogen) atoms. The van der Waals surface area contributed by atoms with Gasteiger partial charge in [0.15, 0.2) is 5.78 Å². The van der Waals surface area contributed by atoms with Crippen LogP contribution in [0, 0.1) is 0 Å². The van der Waals surface area contributed by atoms with Crippen molar-refractivity contribution in [3.05, 3.63) is 29.8 Å². The molecule has 1 heterocycles. The summed E-state index contributed by atoms with van der Waals surface area (Å²) >= 11 is 0. The summed E-state index contributed by atoms with van der Waals surface area (Å²) in [6.07, 6.45) is 3.74. The number of halogens is 1. The van der Waals surface area contributed by atoms with Crippen molar-refractivity contribution in [1.82, 2.24) is 4.90 Å². The maximum absolute atomic E-state index is 12.0. The lowest BCUT2D eigenvalue weighted by Crippen LogP contribution is -2.34. The van der Waals surface area contributed by atoms with E-state index in [2.05, 4.69) is 4.90 Å². The average molecular weight is 314 g/mol. The van der Waals surface area contributed by atoms with Gasteiger partial charge >= 0.3 is 0 Å². The van der Waals surface area contributed by atoms with Crippen LogP contribution in [0.25, 0.3) is 0 Å². The molecular formula is C14H20BrNO2. The van der Waals surface area contributed by atoms with Gasteiger partial charge in [-0.05, 0) is 50.2 Å². The van der Waals surface area contributed by atoms with Crippen molar-refractivity contribution in [1.29, 1.82) is 0 Å². The summed E-state index contributed by atoms with van der Waals surface area (Å²) in [6.45, 7) is 2.66. The number of piperidine rings is 1. The number of hydrogen-bond acceptors (Lipinski definition) is 3. The molecule has 4 heteroatoms. The number of Topliss-reactive ketones (excluding diaryl/α,β-unsaturated/α-hetero) is 1. The van der Waals surface area contributed by atoms with Gasteiger partial charge in [-0.1, -0.05) is 6.42 Å². The van der Waals surface area contributed by atoms with Crippen LogP contribution in [0.15, 0.2) is 24.3 Å². The number of ketones is 1. The van der Waals surface area contributed by atoms with Gasteiger partial charge in [0.1, 0.15) is 5.75 Å². The minimum atomic E-state index is 0. The third-order valence-corrected chi connectivity index (χ3v) is 3.23. The summed E-state index contributed by atoms with van der Waals surface area (Å²) in [6, 6.07) is 7.35. The highest BCUT2D eigenvalue weighted by molar-refractivity contribution is 8.93. The second kappa shape index (κ2) is 7.54. The first-order chi connectivity index (χ1) is 8.29. The number of carbonyl (C=O) groups excluding carboxylic acids is 1. The zero-order chi connectivity index (χ0) is 12.1. The molecule has 1 aliphatic heterocycles. The van der Waals surface area contributed by atoms with Gasteiger partial charge < -0.3 is 4.74 Å². The molecule has 0 amide bonds. The largest absolute Gasteiger partial charge is 0.497 e. The molecule has 1 aromatic rings. The number of nitrogens with zero attached hydrogens (tertiary/aromatic N) is 1. The summed E-state index contributed by atoms with van der Waals surface area (Å²) in [7, 11) is 1.63. The van der Waals surface area contributed by atoms with Gasteiger partial charge in [-0.2, -0.15) is 0 Å². The first kappa shape index (κ1) is 15.2. The van der Waals surface area contributed by atoms with Crippen molar-refractivity contribution in [2.24, 2.45) is 0 Å². The summed E-state index contributed by atoms with van der Waals surface area (Å²) in [4.78, 5) is 14.3. The predicted octanol–water partition coefficient (Wildman–Crippen LogP) is 2.94. The number of hydrogen-bond donors (Lipinski definition) is 0. The molecule has 0 aliphatic carbocycles. The fourth-order valence-corrected chi connectivity index (χ4v) is 2.19. The van der Waals surface area contributed by atoms with Gasteiger partial charge in [0.2, 0.25) is 0 Å². The Morgan fingerprint density at radius 3 is 2.33 bits per heavy atom. The monoisotopic (exact) mass is 313 g/mol. The van der Waals surface area contributed by atoms with Crippen LogP contribution in [-0.2, 0) is 0 Å². The van der Waals surface area contributed by atoms with E-state index in [0.29, 0.717) is 6.54 Å². The lowest BCUT2D eigenvalue weighted by Gasteiger charge is -2.25. The predicted molar refractivity (Wildman–Crippen MR) is 77.9 cm³/mol. The number of rotatable bonds is 4. The van der Waals surface area contributed by atoms with E-state index in [0.717, 1.165) is 24.4 Å². The van der Waals surface area contributed by atoms with Crippen LogP contribution in [-0.4, -0.2) is 37.4 Å². The SMILES string of the molecule is Br.COc1ccc(C(=O)CN2CCCCC2)cc1. The molecule has 0 N–H and O–H groups in total. The summed E-state index contributed by atoms with van der Waals surface area (Å²) < 4.78 is 5.08. The first-order valence-electron chi connectivity index (χ1n) is 6.19. The molecule has 1 aliphatic rings. The number of carbonyl (C=O) groups is 1. The Labute approximate surface area is 119 Å². The molecule has 1 aromatic carbocycles. The van der Waals surface area contributed by atoms with Gasteiger partial charge in [0, 0.05) is 5.56 Å². The van der Waals surface area contributed by atoms with E-state index in [-0.39, 0.29) is 22.8 Å². The van der Waals surface area contributed by atoms with Gasteiger partial charge in [0.25, 0.3) is 0 Å². The third kappa shape index (κ3) is 4.10. The van der Waals surface area contributed by atoms with Crippen LogP contribution < -0.4 is 4.74 Å². The van der Waals surface area contributed by atoms with Crippen LogP contribution in [0.5, 0.6) is 5.75 Å². The highest BCUT2D eigenvalue weighted by Gasteiger charge is 2.14. The van der Waals surface area contributed by atoms with Gasteiger partial charge in [-0.3, -0.25) is 9.69 Å². The fourth-order valence-electron chi connectivity index (χ4n) is 2.19. The second-order valence-corrected chi connectivity index (χ2v) is 4.49. The van der Waals surface area contributed by atoms with E-state index in [9.17, 15) is 4.79 Å². The van der Waals surface area contributed by atoms with Crippen molar-refractivity contribution in [2.45, 2.75) is 19.3 Å². The van der Waals surface area contributed by atoms with Crippen molar-refractivity contribution in [3.8, 4) is 5.75 Å². The normalized spacial score (nSPS) is 15.8. The van der Waals surface area contributed by atoms with Gasteiger partial charge in [0.05, 0.1) is 13.7 Å². The van der Waals surface area contributed by atoms with Crippen LogP contribution in [0.4, 0.5) is 0 Å². The van der Waals surface area contributed by atoms with E-state index in [4.69, 9.17) is 4.74 Å². The van der Waals surface area contributed by atoms with Crippen molar-refractivity contribution in [3.63, 3.8) is 0 Å². The Balaban J connectivity index is 0.00000162. The number of ether oxygens (including phenoxy) is 1. The summed E-state index contributed by atoms with van der Waals surface area (Å²) in [5.41, 5.74) is 0.774. The van der Waals surface area contributed by atoms with E-state index >= 15 is 0 Å². The molecule has 100 valence electrons. The molecule has 0 unspecified atom stereocenters. The zero-order valence-corrected chi connectivity index (χ0v) is 12.4. The van der Waals surface area contributed by atoms with E-state index in [1.165, 1.54) is 19.3 Å². The van der Waals surface area contributed by atoms with E-state index in [1.807, 2.05) is 24.3 Å².